The summed E-state index contributed by atoms with van der Waals surface area (Å²) in [5.41, 5.74) is 0.840. The minimum absolute atomic E-state index is 0.0220. The number of aryl methyl sites for hydroxylation is 1. The molecule has 4 rings (SSSR count). The van der Waals surface area contributed by atoms with Crippen LogP contribution in [0.2, 0.25) is 0 Å². The summed E-state index contributed by atoms with van der Waals surface area (Å²) in [5, 5.41) is 9.76. The molecular formula is C19H20FN3O3. The summed E-state index contributed by atoms with van der Waals surface area (Å²) >= 11 is 0. The summed E-state index contributed by atoms with van der Waals surface area (Å²) in [5.74, 6) is -0.735. The lowest BCUT2D eigenvalue weighted by molar-refractivity contribution is -0.157. The molecular weight excluding hydrogens is 337 g/mol. The molecule has 7 heteroatoms. The zero-order chi connectivity index (χ0) is 18.1. The number of ether oxygens (including phenoxy) is 1. The SMILES string of the molecule is O=C(O)C1(Oc2ccccc2F)CCN(c2ncnc3c2CCC3)CC1. The standard InChI is InChI=1S/C19H20FN3O3/c20-14-5-1-2-7-16(14)26-19(18(24)25)8-10-23(11-9-19)17-13-4-3-6-15(13)21-12-22-17/h1-2,5,7,12H,3-4,6,8-11H2,(H,24,25). The quantitative estimate of drug-likeness (QED) is 0.907. The fourth-order valence-corrected chi connectivity index (χ4v) is 3.79. The van der Waals surface area contributed by atoms with Gasteiger partial charge in [-0.3, -0.25) is 0 Å². The molecule has 0 amide bonds. The molecule has 1 aromatic heterocycles. The molecule has 1 aromatic carbocycles. The van der Waals surface area contributed by atoms with Gasteiger partial charge in [0.15, 0.2) is 11.6 Å². The van der Waals surface area contributed by atoms with Crippen LogP contribution >= 0.6 is 0 Å². The summed E-state index contributed by atoms with van der Waals surface area (Å²) in [6, 6.07) is 5.91. The third-order valence-electron chi connectivity index (χ3n) is 5.25. The van der Waals surface area contributed by atoms with E-state index in [1.165, 1.54) is 17.7 Å². The number of rotatable bonds is 4. The van der Waals surface area contributed by atoms with Crippen LogP contribution in [0, 0.1) is 5.82 Å². The van der Waals surface area contributed by atoms with E-state index in [9.17, 15) is 14.3 Å². The van der Waals surface area contributed by atoms with Gasteiger partial charge in [-0.1, -0.05) is 12.1 Å². The molecule has 1 fully saturated rings. The highest BCUT2D eigenvalue weighted by Gasteiger charge is 2.45. The Balaban J connectivity index is 1.54. The predicted octanol–water partition coefficient (Wildman–Crippen LogP) is 2.61. The van der Waals surface area contributed by atoms with Crippen molar-refractivity contribution in [3.05, 3.63) is 47.7 Å². The second-order valence-corrected chi connectivity index (χ2v) is 6.80. The van der Waals surface area contributed by atoms with Crippen molar-refractivity contribution in [2.45, 2.75) is 37.7 Å². The number of piperidine rings is 1. The molecule has 2 aromatic rings. The van der Waals surface area contributed by atoms with Gasteiger partial charge in [0, 0.05) is 37.2 Å². The van der Waals surface area contributed by atoms with E-state index in [2.05, 4.69) is 14.9 Å². The van der Waals surface area contributed by atoms with E-state index in [4.69, 9.17) is 4.74 Å². The van der Waals surface area contributed by atoms with Gasteiger partial charge in [-0.2, -0.15) is 0 Å². The second kappa shape index (κ2) is 6.55. The first kappa shape index (κ1) is 16.8. The van der Waals surface area contributed by atoms with Crippen LogP contribution in [0.1, 0.15) is 30.5 Å². The van der Waals surface area contributed by atoms with Crippen LogP contribution in [0.3, 0.4) is 0 Å². The van der Waals surface area contributed by atoms with Gasteiger partial charge in [-0.05, 0) is 31.4 Å². The van der Waals surface area contributed by atoms with Crippen LogP contribution in [-0.4, -0.2) is 39.7 Å². The molecule has 1 saturated heterocycles. The third kappa shape index (κ3) is 2.87. The fraction of sp³-hybridized carbons (Fsp3) is 0.421. The molecule has 0 atom stereocenters. The van der Waals surface area contributed by atoms with E-state index >= 15 is 0 Å². The van der Waals surface area contributed by atoms with Crippen molar-refractivity contribution in [3.63, 3.8) is 0 Å². The normalized spacial score (nSPS) is 18.4. The number of aromatic nitrogens is 2. The highest BCUT2D eigenvalue weighted by atomic mass is 19.1. The van der Waals surface area contributed by atoms with Crippen molar-refractivity contribution < 1.29 is 19.0 Å². The van der Waals surface area contributed by atoms with E-state index in [-0.39, 0.29) is 18.6 Å². The third-order valence-corrected chi connectivity index (χ3v) is 5.25. The van der Waals surface area contributed by atoms with Gasteiger partial charge in [0.05, 0.1) is 0 Å². The Labute approximate surface area is 150 Å². The van der Waals surface area contributed by atoms with E-state index in [0.29, 0.717) is 13.1 Å². The first-order chi connectivity index (χ1) is 12.6. The van der Waals surface area contributed by atoms with E-state index in [1.54, 1.807) is 18.5 Å². The number of benzene rings is 1. The van der Waals surface area contributed by atoms with Crippen molar-refractivity contribution in [1.29, 1.82) is 0 Å². The minimum Gasteiger partial charge on any atom is -0.478 e. The Morgan fingerprint density at radius 2 is 1.96 bits per heavy atom. The molecule has 0 saturated carbocycles. The van der Waals surface area contributed by atoms with Gasteiger partial charge in [-0.15, -0.1) is 0 Å². The summed E-state index contributed by atoms with van der Waals surface area (Å²) in [6.07, 6.45) is 5.09. The van der Waals surface area contributed by atoms with Gasteiger partial charge in [0.2, 0.25) is 5.60 Å². The molecule has 0 bridgehead atoms. The predicted molar refractivity (Wildman–Crippen MR) is 92.9 cm³/mol. The maximum Gasteiger partial charge on any atom is 0.348 e. The highest BCUT2D eigenvalue weighted by molar-refractivity contribution is 5.78. The van der Waals surface area contributed by atoms with Crippen molar-refractivity contribution >= 4 is 11.8 Å². The van der Waals surface area contributed by atoms with Crippen molar-refractivity contribution in [2.24, 2.45) is 0 Å². The smallest absolute Gasteiger partial charge is 0.348 e. The van der Waals surface area contributed by atoms with E-state index in [0.717, 1.165) is 30.8 Å². The van der Waals surface area contributed by atoms with Gasteiger partial charge >= 0.3 is 5.97 Å². The molecule has 0 unspecified atom stereocenters. The highest BCUT2D eigenvalue weighted by Crippen LogP contribution is 2.34. The van der Waals surface area contributed by atoms with Crippen LogP contribution < -0.4 is 9.64 Å². The minimum atomic E-state index is -1.42. The number of nitrogens with zero attached hydrogens (tertiary/aromatic N) is 3. The van der Waals surface area contributed by atoms with Gasteiger partial charge in [-0.25, -0.2) is 19.2 Å². The van der Waals surface area contributed by atoms with Crippen LogP contribution in [-0.2, 0) is 17.6 Å². The first-order valence-corrected chi connectivity index (χ1v) is 8.84. The molecule has 1 aliphatic heterocycles. The van der Waals surface area contributed by atoms with Crippen LogP contribution in [0.25, 0.3) is 0 Å². The molecule has 0 spiro atoms. The molecule has 1 aliphatic carbocycles. The monoisotopic (exact) mass is 357 g/mol. The lowest BCUT2D eigenvalue weighted by atomic mass is 9.90. The Bertz CT molecular complexity index is 835. The molecule has 2 aliphatic rings. The first-order valence-electron chi connectivity index (χ1n) is 8.84. The Morgan fingerprint density at radius 3 is 2.69 bits per heavy atom. The average molecular weight is 357 g/mol. The van der Waals surface area contributed by atoms with Crippen molar-refractivity contribution in [3.8, 4) is 5.75 Å². The molecule has 6 nitrogen and oxygen atoms in total. The topological polar surface area (TPSA) is 75.6 Å². The average Bonchev–Trinajstić information content (AvgIpc) is 3.13. The molecule has 26 heavy (non-hydrogen) atoms. The number of hydrogen-bond donors (Lipinski definition) is 1. The number of carboxylic acids is 1. The van der Waals surface area contributed by atoms with E-state index in [1.807, 2.05) is 0 Å². The van der Waals surface area contributed by atoms with Gasteiger partial charge in [0.1, 0.15) is 12.1 Å². The second-order valence-electron chi connectivity index (χ2n) is 6.80. The van der Waals surface area contributed by atoms with Crippen LogP contribution in [0.15, 0.2) is 30.6 Å². The van der Waals surface area contributed by atoms with Gasteiger partial charge in [0.25, 0.3) is 0 Å². The lowest BCUT2D eigenvalue weighted by Gasteiger charge is -2.39. The molecule has 2 heterocycles. The summed E-state index contributed by atoms with van der Waals surface area (Å²) < 4.78 is 19.6. The molecule has 0 radical (unpaired) electrons. The lowest BCUT2D eigenvalue weighted by Crippen LogP contribution is -2.53. The summed E-state index contributed by atoms with van der Waals surface area (Å²) in [4.78, 5) is 22.8. The van der Waals surface area contributed by atoms with Crippen LogP contribution in [0.4, 0.5) is 10.2 Å². The molecule has 136 valence electrons. The van der Waals surface area contributed by atoms with Gasteiger partial charge < -0.3 is 14.7 Å². The summed E-state index contributed by atoms with van der Waals surface area (Å²) in [7, 11) is 0. The number of hydrogen-bond acceptors (Lipinski definition) is 5. The number of carbonyl (C=O) groups is 1. The molecule has 1 N–H and O–H groups in total. The fourth-order valence-electron chi connectivity index (χ4n) is 3.79. The zero-order valence-electron chi connectivity index (χ0n) is 14.3. The Hall–Kier alpha value is -2.70. The van der Waals surface area contributed by atoms with Crippen molar-refractivity contribution in [1.82, 2.24) is 9.97 Å². The number of anilines is 1. The Kier molecular flexibility index (Phi) is 4.22. The number of para-hydroxylation sites is 1. The summed E-state index contributed by atoms with van der Waals surface area (Å²) in [6.45, 7) is 0.981. The number of aliphatic carboxylic acids is 1. The number of halogens is 1. The Morgan fingerprint density at radius 1 is 1.19 bits per heavy atom. The maximum atomic E-state index is 13.9. The van der Waals surface area contributed by atoms with Crippen LogP contribution in [0.5, 0.6) is 5.75 Å². The largest absolute Gasteiger partial charge is 0.478 e. The number of carboxylic acid groups (broad SMARTS) is 1. The number of fused-ring (bicyclic) bond motifs is 1. The van der Waals surface area contributed by atoms with Crippen molar-refractivity contribution in [2.75, 3.05) is 18.0 Å². The zero-order valence-corrected chi connectivity index (χ0v) is 14.3. The van der Waals surface area contributed by atoms with E-state index < -0.39 is 17.4 Å². The maximum absolute atomic E-state index is 13.9.